The predicted molar refractivity (Wildman–Crippen MR) is 85.1 cm³/mol. The van der Waals surface area contributed by atoms with E-state index in [-0.39, 0.29) is 17.6 Å². The Bertz CT molecular complexity index is 599. The average molecular weight is 313 g/mol. The van der Waals surface area contributed by atoms with E-state index >= 15 is 0 Å². The molecule has 0 aromatic heterocycles. The summed E-state index contributed by atoms with van der Waals surface area (Å²) in [7, 11) is -3.43. The fourth-order valence-corrected chi connectivity index (χ4v) is 2.47. The molecule has 1 amide bonds. The summed E-state index contributed by atoms with van der Waals surface area (Å²) < 4.78 is 25.1. The smallest absolute Gasteiger partial charge is 0.253 e. The largest absolute Gasteiger partial charge is 0.350 e. The van der Waals surface area contributed by atoms with Gasteiger partial charge in [-0.2, -0.15) is 0 Å². The molecular formula is C14H23N3O3S. The Balaban J connectivity index is 2.89. The van der Waals surface area contributed by atoms with E-state index in [9.17, 15) is 13.2 Å². The highest BCUT2D eigenvalue weighted by Crippen LogP contribution is 2.18. The van der Waals surface area contributed by atoms with Crippen LogP contribution < -0.4 is 15.4 Å². The second-order valence-corrected chi connectivity index (χ2v) is 6.84. The van der Waals surface area contributed by atoms with E-state index in [2.05, 4.69) is 15.4 Å². The molecular weight excluding hydrogens is 290 g/mol. The SMILES string of the molecule is CCN[C@H](C)CNC(=O)c1cc(C)ccc1NS(C)(=O)=O. The van der Waals surface area contributed by atoms with Crippen LogP contribution in [-0.4, -0.2) is 39.7 Å². The number of nitrogens with one attached hydrogen (secondary N) is 3. The van der Waals surface area contributed by atoms with E-state index < -0.39 is 10.0 Å². The van der Waals surface area contributed by atoms with Crippen molar-refractivity contribution in [1.29, 1.82) is 0 Å². The zero-order chi connectivity index (χ0) is 16.0. The highest BCUT2D eigenvalue weighted by molar-refractivity contribution is 7.92. The predicted octanol–water partition coefficient (Wildman–Crippen LogP) is 1.09. The summed E-state index contributed by atoms with van der Waals surface area (Å²) >= 11 is 0. The molecule has 1 aromatic rings. The van der Waals surface area contributed by atoms with Crippen LogP contribution in [0.5, 0.6) is 0 Å². The van der Waals surface area contributed by atoms with Crippen LogP contribution in [0.3, 0.4) is 0 Å². The molecule has 118 valence electrons. The molecule has 0 spiro atoms. The Morgan fingerprint density at radius 2 is 2.00 bits per heavy atom. The average Bonchev–Trinajstić information content (AvgIpc) is 2.37. The van der Waals surface area contributed by atoms with E-state index in [1.165, 1.54) is 0 Å². The maximum Gasteiger partial charge on any atom is 0.253 e. The first-order chi connectivity index (χ1) is 9.73. The van der Waals surface area contributed by atoms with Crippen LogP contribution in [0.1, 0.15) is 29.8 Å². The van der Waals surface area contributed by atoms with Gasteiger partial charge in [0.15, 0.2) is 0 Å². The van der Waals surface area contributed by atoms with Crippen LogP contribution in [0.4, 0.5) is 5.69 Å². The summed E-state index contributed by atoms with van der Waals surface area (Å²) in [5.74, 6) is -0.297. The maximum absolute atomic E-state index is 12.2. The van der Waals surface area contributed by atoms with E-state index in [4.69, 9.17) is 0 Å². The number of carbonyl (C=O) groups excluding carboxylic acids is 1. The molecule has 1 aromatic carbocycles. The van der Waals surface area contributed by atoms with Crippen molar-refractivity contribution in [3.8, 4) is 0 Å². The van der Waals surface area contributed by atoms with Gasteiger partial charge in [0.1, 0.15) is 0 Å². The summed E-state index contributed by atoms with van der Waals surface area (Å²) in [5.41, 5.74) is 1.50. The first kappa shape index (κ1) is 17.5. The van der Waals surface area contributed by atoms with Crippen LogP contribution in [0, 0.1) is 6.92 Å². The quantitative estimate of drug-likeness (QED) is 0.703. The van der Waals surface area contributed by atoms with Crippen LogP contribution in [-0.2, 0) is 10.0 Å². The highest BCUT2D eigenvalue weighted by Gasteiger charge is 2.15. The number of aryl methyl sites for hydroxylation is 1. The molecule has 0 saturated carbocycles. The van der Waals surface area contributed by atoms with E-state index in [0.29, 0.717) is 12.1 Å². The summed E-state index contributed by atoms with van der Waals surface area (Å²) in [6.07, 6.45) is 1.06. The van der Waals surface area contributed by atoms with Crippen LogP contribution in [0.25, 0.3) is 0 Å². The minimum absolute atomic E-state index is 0.148. The molecule has 1 rings (SSSR count). The number of hydrogen-bond acceptors (Lipinski definition) is 4. The van der Waals surface area contributed by atoms with Gasteiger partial charge in [0, 0.05) is 12.6 Å². The minimum Gasteiger partial charge on any atom is -0.350 e. The molecule has 0 fully saturated rings. The maximum atomic E-state index is 12.2. The van der Waals surface area contributed by atoms with Gasteiger partial charge in [-0.05, 0) is 32.5 Å². The van der Waals surface area contributed by atoms with Crippen LogP contribution >= 0.6 is 0 Å². The Morgan fingerprint density at radius 3 is 2.57 bits per heavy atom. The lowest BCUT2D eigenvalue weighted by atomic mass is 10.1. The first-order valence-electron chi connectivity index (χ1n) is 6.83. The molecule has 3 N–H and O–H groups in total. The van der Waals surface area contributed by atoms with Crippen molar-refractivity contribution in [3.63, 3.8) is 0 Å². The van der Waals surface area contributed by atoms with E-state index in [1.807, 2.05) is 20.8 Å². The third kappa shape index (κ3) is 6.14. The molecule has 6 nitrogen and oxygen atoms in total. The zero-order valence-electron chi connectivity index (χ0n) is 12.9. The van der Waals surface area contributed by atoms with Gasteiger partial charge in [-0.3, -0.25) is 9.52 Å². The number of amides is 1. The number of benzene rings is 1. The molecule has 0 heterocycles. The molecule has 21 heavy (non-hydrogen) atoms. The monoisotopic (exact) mass is 313 g/mol. The lowest BCUT2D eigenvalue weighted by Crippen LogP contribution is -2.39. The van der Waals surface area contributed by atoms with Gasteiger partial charge in [0.05, 0.1) is 17.5 Å². The van der Waals surface area contributed by atoms with Gasteiger partial charge in [-0.1, -0.05) is 18.6 Å². The van der Waals surface area contributed by atoms with Crippen molar-refractivity contribution in [3.05, 3.63) is 29.3 Å². The first-order valence-corrected chi connectivity index (χ1v) is 8.72. The summed E-state index contributed by atoms with van der Waals surface area (Å²) in [5, 5.41) is 5.99. The molecule has 0 bridgehead atoms. The van der Waals surface area contributed by atoms with E-state index in [0.717, 1.165) is 18.4 Å². The number of carbonyl (C=O) groups is 1. The second-order valence-electron chi connectivity index (χ2n) is 5.09. The molecule has 0 saturated heterocycles. The molecule has 0 radical (unpaired) electrons. The van der Waals surface area contributed by atoms with Crippen molar-refractivity contribution in [2.24, 2.45) is 0 Å². The van der Waals surface area contributed by atoms with Gasteiger partial charge in [-0.25, -0.2) is 8.42 Å². The van der Waals surface area contributed by atoms with Gasteiger partial charge >= 0.3 is 0 Å². The number of anilines is 1. The van der Waals surface area contributed by atoms with Crippen molar-refractivity contribution >= 4 is 21.6 Å². The lowest BCUT2D eigenvalue weighted by molar-refractivity contribution is 0.0951. The summed E-state index contributed by atoms with van der Waals surface area (Å²) in [6.45, 7) is 7.10. The standard InChI is InChI=1S/C14H23N3O3S/c1-5-15-11(3)9-16-14(18)12-8-10(2)6-7-13(12)17-21(4,19)20/h6-8,11,15,17H,5,9H2,1-4H3,(H,16,18)/t11-/m1/s1. The Labute approximate surface area is 126 Å². The minimum atomic E-state index is -3.43. The van der Waals surface area contributed by atoms with Crippen molar-refractivity contribution < 1.29 is 13.2 Å². The topological polar surface area (TPSA) is 87.3 Å². The number of rotatable bonds is 7. The Kier molecular flexibility index (Phi) is 6.17. The van der Waals surface area contributed by atoms with Gasteiger partial charge < -0.3 is 10.6 Å². The van der Waals surface area contributed by atoms with Crippen LogP contribution in [0.15, 0.2) is 18.2 Å². The van der Waals surface area contributed by atoms with Crippen molar-refractivity contribution in [2.45, 2.75) is 26.8 Å². The van der Waals surface area contributed by atoms with Crippen molar-refractivity contribution in [2.75, 3.05) is 24.1 Å². The lowest BCUT2D eigenvalue weighted by Gasteiger charge is -2.15. The highest BCUT2D eigenvalue weighted by atomic mass is 32.2. The van der Waals surface area contributed by atoms with Crippen LogP contribution in [0.2, 0.25) is 0 Å². The van der Waals surface area contributed by atoms with E-state index in [1.54, 1.807) is 18.2 Å². The number of likely N-dealkylation sites (N-methyl/N-ethyl adjacent to an activating group) is 1. The fraction of sp³-hybridized carbons (Fsp3) is 0.500. The van der Waals surface area contributed by atoms with Gasteiger partial charge in [0.25, 0.3) is 5.91 Å². The molecule has 0 unspecified atom stereocenters. The third-order valence-electron chi connectivity index (χ3n) is 2.84. The normalized spacial score (nSPS) is 12.8. The van der Waals surface area contributed by atoms with Gasteiger partial charge in [-0.15, -0.1) is 0 Å². The molecule has 7 heteroatoms. The molecule has 1 atom stereocenters. The van der Waals surface area contributed by atoms with Gasteiger partial charge in [0.2, 0.25) is 10.0 Å². The molecule has 0 aliphatic carbocycles. The summed E-state index contributed by atoms with van der Waals surface area (Å²) in [4.78, 5) is 12.2. The number of sulfonamides is 1. The number of hydrogen-bond donors (Lipinski definition) is 3. The second kappa shape index (κ2) is 7.42. The Morgan fingerprint density at radius 1 is 1.33 bits per heavy atom. The molecule has 0 aliphatic rings. The molecule has 0 aliphatic heterocycles. The summed E-state index contributed by atoms with van der Waals surface area (Å²) in [6, 6.07) is 5.17. The van der Waals surface area contributed by atoms with Crippen molar-refractivity contribution in [1.82, 2.24) is 10.6 Å². The third-order valence-corrected chi connectivity index (χ3v) is 3.43. The fourth-order valence-electron chi connectivity index (χ4n) is 1.90. The zero-order valence-corrected chi connectivity index (χ0v) is 13.7. The Hall–Kier alpha value is -1.60.